The number of hydrogen-bond acceptors (Lipinski definition) is 5. The molecule has 18 heavy (non-hydrogen) atoms. The van der Waals surface area contributed by atoms with Crippen molar-refractivity contribution in [2.45, 2.75) is 0 Å². The Bertz CT molecular complexity index is 669. The highest BCUT2D eigenvalue weighted by Crippen LogP contribution is 2.19. The van der Waals surface area contributed by atoms with Crippen LogP contribution in [0.3, 0.4) is 0 Å². The average molecular weight is 236 g/mol. The van der Waals surface area contributed by atoms with E-state index in [0.717, 1.165) is 11.0 Å². The van der Waals surface area contributed by atoms with Crippen molar-refractivity contribution in [3.05, 3.63) is 42.9 Å². The molecule has 3 rings (SSSR count). The normalized spacial score (nSPS) is 10.4. The van der Waals surface area contributed by atoms with Crippen LogP contribution < -0.4 is 5.46 Å². The first-order chi connectivity index (χ1) is 8.83. The molecule has 3 aromatic heterocycles. The Morgan fingerprint density at radius 3 is 2.89 bits per heavy atom. The summed E-state index contributed by atoms with van der Waals surface area (Å²) in [5.74, 6) is 0.930. The number of rotatable bonds is 2. The smallest absolute Gasteiger partial charge is 0.259 e. The molecule has 0 fully saturated rings. The number of nitrogens with zero attached hydrogens (tertiary/aromatic N) is 4. The van der Waals surface area contributed by atoms with E-state index in [4.69, 9.17) is 4.52 Å². The van der Waals surface area contributed by atoms with E-state index in [1.165, 1.54) is 0 Å². The summed E-state index contributed by atoms with van der Waals surface area (Å²) in [4.78, 5) is 12.6. The van der Waals surface area contributed by atoms with Gasteiger partial charge in [0.2, 0.25) is 5.82 Å². The first kappa shape index (κ1) is 10.6. The van der Waals surface area contributed by atoms with Crippen molar-refractivity contribution in [2.75, 3.05) is 0 Å². The van der Waals surface area contributed by atoms with Crippen LogP contribution >= 0.6 is 0 Å². The molecule has 0 bridgehead atoms. The Balaban J connectivity index is 2.00. The standard InChI is InChI=1S/C12H9BN4O/c13-9-5-8(6-14-7-9)12-16-11(17-18-12)10-3-1-2-4-15-10/h1-7H,13H2. The molecular formula is C12H9BN4O. The van der Waals surface area contributed by atoms with Crippen molar-refractivity contribution < 1.29 is 4.52 Å². The Morgan fingerprint density at radius 2 is 2.11 bits per heavy atom. The van der Waals surface area contributed by atoms with Gasteiger partial charge in [-0.15, -0.1) is 0 Å². The van der Waals surface area contributed by atoms with Crippen LogP contribution in [0.1, 0.15) is 0 Å². The fourth-order valence-corrected chi connectivity index (χ4v) is 1.61. The lowest BCUT2D eigenvalue weighted by Crippen LogP contribution is -2.02. The quantitative estimate of drug-likeness (QED) is 0.604. The lowest BCUT2D eigenvalue weighted by atomic mass is 9.97. The van der Waals surface area contributed by atoms with E-state index in [1.54, 1.807) is 18.6 Å². The summed E-state index contributed by atoms with van der Waals surface area (Å²) in [7, 11) is 1.96. The molecule has 5 nitrogen and oxygen atoms in total. The second kappa shape index (κ2) is 4.41. The lowest BCUT2D eigenvalue weighted by molar-refractivity contribution is 0.432. The van der Waals surface area contributed by atoms with Gasteiger partial charge in [-0.3, -0.25) is 9.97 Å². The molecule has 0 saturated carbocycles. The van der Waals surface area contributed by atoms with E-state index >= 15 is 0 Å². The molecule has 0 aliphatic carbocycles. The molecule has 0 amide bonds. The first-order valence-corrected chi connectivity index (χ1v) is 5.50. The van der Waals surface area contributed by atoms with E-state index in [0.29, 0.717) is 17.4 Å². The van der Waals surface area contributed by atoms with Crippen molar-refractivity contribution >= 4 is 13.3 Å². The molecule has 0 radical (unpaired) electrons. The van der Waals surface area contributed by atoms with Gasteiger partial charge in [-0.2, -0.15) is 4.98 Å². The molecule has 0 atom stereocenters. The van der Waals surface area contributed by atoms with Gasteiger partial charge in [0.25, 0.3) is 5.89 Å². The number of pyridine rings is 2. The van der Waals surface area contributed by atoms with Crippen LogP contribution in [0.5, 0.6) is 0 Å². The van der Waals surface area contributed by atoms with Crippen LogP contribution in [0.25, 0.3) is 23.0 Å². The molecule has 0 N–H and O–H groups in total. The maximum Gasteiger partial charge on any atom is 0.259 e. The lowest BCUT2D eigenvalue weighted by Gasteiger charge is -1.94. The zero-order valence-corrected chi connectivity index (χ0v) is 9.74. The van der Waals surface area contributed by atoms with Crippen LogP contribution in [0.4, 0.5) is 0 Å². The van der Waals surface area contributed by atoms with Crippen molar-refractivity contribution in [2.24, 2.45) is 0 Å². The third-order valence-corrected chi connectivity index (χ3v) is 2.44. The van der Waals surface area contributed by atoms with E-state index in [1.807, 2.05) is 32.1 Å². The largest absolute Gasteiger partial charge is 0.333 e. The summed E-state index contributed by atoms with van der Waals surface area (Å²) in [6.07, 6.45) is 5.17. The van der Waals surface area contributed by atoms with E-state index < -0.39 is 0 Å². The van der Waals surface area contributed by atoms with Crippen LogP contribution in [0.2, 0.25) is 0 Å². The van der Waals surface area contributed by atoms with Gasteiger partial charge in [-0.05, 0) is 12.1 Å². The zero-order chi connectivity index (χ0) is 12.4. The van der Waals surface area contributed by atoms with Crippen LogP contribution in [-0.4, -0.2) is 28.0 Å². The van der Waals surface area contributed by atoms with E-state index in [9.17, 15) is 0 Å². The minimum Gasteiger partial charge on any atom is -0.333 e. The summed E-state index contributed by atoms with van der Waals surface area (Å²) in [6, 6.07) is 7.51. The molecule has 3 heterocycles. The van der Waals surface area contributed by atoms with Gasteiger partial charge in [-0.25, -0.2) is 0 Å². The van der Waals surface area contributed by atoms with Crippen molar-refractivity contribution in [1.82, 2.24) is 20.1 Å². The molecule has 0 aliphatic rings. The van der Waals surface area contributed by atoms with E-state index in [2.05, 4.69) is 20.1 Å². The van der Waals surface area contributed by atoms with Gasteiger partial charge < -0.3 is 4.52 Å². The minimum atomic E-state index is 0.451. The molecule has 86 valence electrons. The SMILES string of the molecule is Bc1cncc(-c2nc(-c3ccccn3)no2)c1. The first-order valence-electron chi connectivity index (χ1n) is 5.50. The Kier molecular flexibility index (Phi) is 2.61. The summed E-state index contributed by atoms with van der Waals surface area (Å²) in [5.41, 5.74) is 2.54. The fraction of sp³-hybridized carbons (Fsp3) is 0. The third-order valence-electron chi connectivity index (χ3n) is 2.44. The summed E-state index contributed by atoms with van der Waals surface area (Å²) < 4.78 is 5.22. The molecule has 6 heteroatoms. The molecule has 0 unspecified atom stereocenters. The van der Waals surface area contributed by atoms with Crippen LogP contribution in [-0.2, 0) is 0 Å². The second-order valence-electron chi connectivity index (χ2n) is 3.89. The Labute approximate surface area is 104 Å². The average Bonchev–Trinajstić information content (AvgIpc) is 2.89. The molecule has 0 aliphatic heterocycles. The van der Waals surface area contributed by atoms with Crippen molar-refractivity contribution in [3.8, 4) is 23.0 Å². The molecule has 3 aromatic rings. The molecular weight excluding hydrogens is 227 g/mol. The fourth-order valence-electron chi connectivity index (χ4n) is 1.61. The minimum absolute atomic E-state index is 0.451. The van der Waals surface area contributed by atoms with Crippen LogP contribution in [0.15, 0.2) is 47.4 Å². The van der Waals surface area contributed by atoms with Gasteiger partial charge in [0, 0.05) is 18.6 Å². The zero-order valence-electron chi connectivity index (χ0n) is 9.74. The number of hydrogen-bond donors (Lipinski definition) is 0. The van der Waals surface area contributed by atoms with Gasteiger partial charge >= 0.3 is 0 Å². The van der Waals surface area contributed by atoms with E-state index in [-0.39, 0.29) is 0 Å². The van der Waals surface area contributed by atoms with Crippen LogP contribution in [0, 0.1) is 0 Å². The Hall–Kier alpha value is -2.50. The second-order valence-corrected chi connectivity index (χ2v) is 3.89. The third kappa shape index (κ3) is 2.00. The van der Waals surface area contributed by atoms with Gasteiger partial charge in [0.05, 0.1) is 5.56 Å². The molecule has 0 aromatic carbocycles. The highest BCUT2D eigenvalue weighted by atomic mass is 16.5. The maximum atomic E-state index is 5.22. The van der Waals surface area contributed by atoms with Crippen molar-refractivity contribution in [1.29, 1.82) is 0 Å². The molecule has 0 spiro atoms. The number of aromatic nitrogens is 4. The highest BCUT2D eigenvalue weighted by molar-refractivity contribution is 6.32. The molecule has 0 saturated heterocycles. The van der Waals surface area contributed by atoms with Gasteiger partial charge in [0.1, 0.15) is 13.5 Å². The predicted molar refractivity (Wildman–Crippen MR) is 68.9 cm³/mol. The summed E-state index contributed by atoms with van der Waals surface area (Å²) >= 11 is 0. The van der Waals surface area contributed by atoms with Crippen molar-refractivity contribution in [3.63, 3.8) is 0 Å². The Morgan fingerprint density at radius 1 is 1.17 bits per heavy atom. The highest BCUT2D eigenvalue weighted by Gasteiger charge is 2.11. The summed E-state index contributed by atoms with van der Waals surface area (Å²) in [5, 5.41) is 3.92. The monoisotopic (exact) mass is 236 g/mol. The maximum absolute atomic E-state index is 5.22. The topological polar surface area (TPSA) is 64.7 Å². The van der Waals surface area contributed by atoms with Gasteiger partial charge in [-0.1, -0.05) is 22.8 Å². The predicted octanol–water partition coefficient (Wildman–Crippen LogP) is 0.452. The summed E-state index contributed by atoms with van der Waals surface area (Å²) in [6.45, 7) is 0. The van der Waals surface area contributed by atoms with Gasteiger partial charge in [0.15, 0.2) is 0 Å².